The van der Waals surface area contributed by atoms with E-state index in [2.05, 4.69) is 20.8 Å². The van der Waals surface area contributed by atoms with E-state index in [0.29, 0.717) is 35.3 Å². The molecule has 152 valence electrons. The summed E-state index contributed by atoms with van der Waals surface area (Å²) >= 11 is 0. The fourth-order valence-electron chi connectivity index (χ4n) is 3.99. The van der Waals surface area contributed by atoms with E-state index in [4.69, 9.17) is 11.0 Å². The number of nitriles is 1. The van der Waals surface area contributed by atoms with E-state index in [1.54, 1.807) is 35.6 Å². The molecule has 2 aromatic rings. The maximum absolute atomic E-state index is 14.9. The molecule has 2 aliphatic rings. The standard InChI is InChI=1S/C20H23FN6OS/c1-20(13-29(28)25-6-2-3-7-27(29)19(23)26-20)17-9-15(4-5-18(17)21)16-8-14(10-22)11-24-12-16/h4-5,8-9,11-12,29H,2-3,6-7,13H2,1H3,(H2,23,26)(H,25,28)/t20-/m0/s1. The lowest BCUT2D eigenvalue weighted by Crippen LogP contribution is -2.60. The van der Waals surface area contributed by atoms with Gasteiger partial charge in [0.15, 0.2) is 0 Å². The number of rotatable bonds is 2. The zero-order valence-electron chi connectivity index (χ0n) is 16.1. The summed E-state index contributed by atoms with van der Waals surface area (Å²) in [5.74, 6) is -0.112. The Bertz CT molecular complexity index is 1080. The first-order chi connectivity index (χ1) is 13.8. The third kappa shape index (κ3) is 3.50. The number of aliphatic imine (C=N–C) groups is 1. The number of hydrogen-bond acceptors (Lipinski definition) is 5. The number of aromatic nitrogens is 1. The molecule has 1 saturated heterocycles. The number of benzene rings is 1. The van der Waals surface area contributed by atoms with E-state index in [-0.39, 0.29) is 11.7 Å². The van der Waals surface area contributed by atoms with Gasteiger partial charge in [0.25, 0.3) is 0 Å². The van der Waals surface area contributed by atoms with Gasteiger partial charge in [-0.2, -0.15) is 5.26 Å². The summed E-state index contributed by atoms with van der Waals surface area (Å²) < 4.78 is 33.4. The lowest BCUT2D eigenvalue weighted by atomic mass is 9.91. The number of pyridine rings is 1. The first-order valence-electron chi connectivity index (χ1n) is 9.48. The molecule has 1 atom stereocenters. The summed E-state index contributed by atoms with van der Waals surface area (Å²) in [6.07, 6.45) is 4.86. The maximum atomic E-state index is 14.9. The number of nitrogens with zero attached hydrogens (tertiary/aromatic N) is 4. The molecule has 1 fully saturated rings. The van der Waals surface area contributed by atoms with Crippen molar-refractivity contribution < 1.29 is 8.60 Å². The van der Waals surface area contributed by atoms with Crippen LogP contribution in [0.3, 0.4) is 0 Å². The molecule has 0 unspecified atom stereocenters. The Morgan fingerprint density at radius 1 is 1.31 bits per heavy atom. The molecule has 9 heteroatoms. The van der Waals surface area contributed by atoms with Crippen molar-refractivity contribution in [1.29, 1.82) is 5.26 Å². The van der Waals surface area contributed by atoms with E-state index in [9.17, 15) is 8.60 Å². The highest BCUT2D eigenvalue weighted by Crippen LogP contribution is 2.38. The quantitative estimate of drug-likeness (QED) is 0.652. The fourth-order valence-corrected chi connectivity index (χ4v) is 6.87. The van der Waals surface area contributed by atoms with Crippen molar-refractivity contribution in [2.75, 3.05) is 18.8 Å². The first-order valence-corrected chi connectivity index (χ1v) is 11.3. The van der Waals surface area contributed by atoms with Gasteiger partial charge in [-0.05, 0) is 43.5 Å². The van der Waals surface area contributed by atoms with Crippen molar-refractivity contribution in [2.45, 2.75) is 25.3 Å². The number of hydrogen-bond donors (Lipinski definition) is 3. The SMILES string of the molecule is C[C@@]1(c2cc(-c3cncc(C#N)c3)ccc2F)C[SH]2(=O)NCCCCN2C(N)=N1. The maximum Gasteiger partial charge on any atom is 0.203 e. The van der Waals surface area contributed by atoms with Crippen LogP contribution in [0.4, 0.5) is 4.39 Å². The number of fused-ring (bicyclic) bond motifs is 1. The number of nitrogens with one attached hydrogen (secondary N) is 1. The van der Waals surface area contributed by atoms with Crippen molar-refractivity contribution in [3.8, 4) is 17.2 Å². The van der Waals surface area contributed by atoms with Crippen LogP contribution in [0.15, 0.2) is 41.7 Å². The topological polar surface area (TPSA) is 107 Å². The van der Waals surface area contributed by atoms with Gasteiger partial charge in [-0.15, -0.1) is 0 Å². The molecule has 0 aliphatic carbocycles. The van der Waals surface area contributed by atoms with Crippen LogP contribution < -0.4 is 10.5 Å². The van der Waals surface area contributed by atoms with Gasteiger partial charge in [0.05, 0.1) is 11.3 Å². The second-order valence-electron chi connectivity index (χ2n) is 7.61. The Morgan fingerprint density at radius 3 is 2.93 bits per heavy atom. The lowest BCUT2D eigenvalue weighted by Gasteiger charge is -2.45. The average Bonchev–Trinajstić information content (AvgIpc) is 2.89. The largest absolute Gasteiger partial charge is 0.369 e. The monoisotopic (exact) mass is 414 g/mol. The van der Waals surface area contributed by atoms with Crippen LogP contribution in [0.2, 0.25) is 0 Å². The van der Waals surface area contributed by atoms with Gasteiger partial charge >= 0.3 is 0 Å². The van der Waals surface area contributed by atoms with Crippen molar-refractivity contribution >= 4 is 16.3 Å². The summed E-state index contributed by atoms with van der Waals surface area (Å²) in [5.41, 5.74) is 7.25. The van der Waals surface area contributed by atoms with Crippen molar-refractivity contribution in [2.24, 2.45) is 10.7 Å². The zero-order valence-corrected chi connectivity index (χ0v) is 17.0. The molecule has 3 N–H and O–H groups in total. The van der Waals surface area contributed by atoms with Gasteiger partial charge in [0.1, 0.15) is 17.4 Å². The summed E-state index contributed by atoms with van der Waals surface area (Å²) in [6.45, 7) is 2.96. The molecule has 0 saturated carbocycles. The minimum Gasteiger partial charge on any atom is -0.369 e. The molecule has 2 aliphatic heterocycles. The van der Waals surface area contributed by atoms with Gasteiger partial charge in [0, 0.05) is 46.9 Å². The number of halogens is 1. The van der Waals surface area contributed by atoms with E-state index >= 15 is 0 Å². The van der Waals surface area contributed by atoms with Gasteiger partial charge < -0.3 is 5.73 Å². The van der Waals surface area contributed by atoms with Gasteiger partial charge in [-0.1, -0.05) is 6.07 Å². The predicted molar refractivity (Wildman–Crippen MR) is 112 cm³/mol. The Kier molecular flexibility index (Phi) is 4.84. The third-order valence-corrected chi connectivity index (χ3v) is 8.39. The highest BCUT2D eigenvalue weighted by Gasteiger charge is 2.43. The van der Waals surface area contributed by atoms with Gasteiger partial charge in [0.2, 0.25) is 5.96 Å². The molecule has 0 bridgehead atoms. The number of nitrogens with two attached hydrogens (primary N) is 1. The average molecular weight is 415 g/mol. The van der Waals surface area contributed by atoms with Crippen LogP contribution in [0.25, 0.3) is 11.1 Å². The minimum absolute atomic E-state index is 0.150. The highest BCUT2D eigenvalue weighted by atomic mass is 32.3. The molecule has 29 heavy (non-hydrogen) atoms. The smallest absolute Gasteiger partial charge is 0.203 e. The molecule has 0 spiro atoms. The molecule has 1 aromatic carbocycles. The lowest BCUT2D eigenvalue weighted by molar-refractivity contribution is 0.459. The number of guanidine groups is 1. The van der Waals surface area contributed by atoms with E-state index in [0.717, 1.165) is 12.8 Å². The van der Waals surface area contributed by atoms with E-state index in [1.165, 1.54) is 12.3 Å². The second-order valence-corrected chi connectivity index (χ2v) is 10.1. The molecule has 0 radical (unpaired) electrons. The molecular weight excluding hydrogens is 391 g/mol. The van der Waals surface area contributed by atoms with Crippen molar-refractivity contribution in [3.05, 3.63) is 53.6 Å². The summed E-state index contributed by atoms with van der Waals surface area (Å²) in [7, 11) is -3.02. The molecule has 7 nitrogen and oxygen atoms in total. The van der Waals surface area contributed by atoms with Crippen LogP contribution in [-0.2, 0) is 15.8 Å². The second kappa shape index (κ2) is 7.21. The van der Waals surface area contributed by atoms with Crippen LogP contribution in [0, 0.1) is 17.1 Å². The first kappa shape index (κ1) is 19.5. The summed E-state index contributed by atoms with van der Waals surface area (Å²) in [4.78, 5) is 8.66. The van der Waals surface area contributed by atoms with Gasteiger partial charge in [-0.25, -0.2) is 14.1 Å². The zero-order chi connectivity index (χ0) is 20.6. The highest BCUT2D eigenvalue weighted by molar-refractivity contribution is 7.99. The van der Waals surface area contributed by atoms with Gasteiger partial charge in [-0.3, -0.25) is 13.5 Å². The minimum atomic E-state index is -3.02. The van der Waals surface area contributed by atoms with E-state index in [1.807, 2.05) is 0 Å². The van der Waals surface area contributed by atoms with E-state index < -0.39 is 21.7 Å². The molecule has 1 aromatic heterocycles. The Hall–Kier alpha value is -2.83. The predicted octanol–water partition coefficient (Wildman–Crippen LogP) is 1.83. The van der Waals surface area contributed by atoms with Crippen LogP contribution in [0.1, 0.15) is 30.9 Å². The third-order valence-electron chi connectivity index (χ3n) is 5.44. The van der Waals surface area contributed by atoms with Crippen molar-refractivity contribution in [3.63, 3.8) is 0 Å². The molecule has 3 heterocycles. The summed E-state index contributed by atoms with van der Waals surface area (Å²) in [5, 5.41) is 9.12. The Morgan fingerprint density at radius 2 is 2.14 bits per heavy atom. The summed E-state index contributed by atoms with van der Waals surface area (Å²) in [6, 6.07) is 8.43. The van der Waals surface area contributed by atoms with Crippen LogP contribution in [0.5, 0.6) is 0 Å². The fraction of sp³-hybridized carbons (Fsp3) is 0.350. The molecule has 0 amide bonds. The Balaban J connectivity index is 1.80. The van der Waals surface area contributed by atoms with Crippen LogP contribution >= 0.6 is 0 Å². The normalized spacial score (nSPS) is 24.6. The molecular formula is C20H23FN6OS. The molecule has 4 rings (SSSR count). The Labute approximate surface area is 170 Å². The van der Waals surface area contributed by atoms with Crippen LogP contribution in [-0.4, -0.2) is 38.3 Å². The van der Waals surface area contributed by atoms with Crippen molar-refractivity contribution in [1.82, 2.24) is 14.0 Å². The number of thiol groups is 1.